The van der Waals surface area contributed by atoms with E-state index in [1.54, 1.807) is 0 Å². The van der Waals surface area contributed by atoms with Crippen molar-refractivity contribution in [3.63, 3.8) is 0 Å². The minimum Gasteiger partial charge on any atom is -0.344 e. The smallest absolute Gasteiger partial charge is 0.265 e. The second kappa shape index (κ2) is 41.1. The van der Waals surface area contributed by atoms with Crippen LogP contribution in [0.25, 0.3) is 54.9 Å². The average Bonchev–Trinajstić information content (AvgIpc) is 0.791. The van der Waals surface area contributed by atoms with E-state index in [1.165, 1.54) is 77.2 Å². The Hall–Kier alpha value is -16.1. The summed E-state index contributed by atoms with van der Waals surface area (Å²) in [5, 5.41) is 4.90. The van der Waals surface area contributed by atoms with E-state index in [9.17, 15) is 0 Å². The van der Waals surface area contributed by atoms with Crippen LogP contribution in [0.15, 0.2) is 514 Å². The predicted octanol–water partition coefficient (Wildman–Crippen LogP) is 34.8. The number of rotatable bonds is 21. The molecule has 129 heavy (non-hydrogen) atoms. The normalized spacial score (nSPS) is 10.7. The maximum absolute atomic E-state index is 4.39. The van der Waals surface area contributed by atoms with Gasteiger partial charge in [0.15, 0.2) is 0 Å². The molecular weight excluding hydrogens is 1580 g/mol. The quantitative estimate of drug-likeness (QED) is 0.0527. The van der Waals surface area contributed by atoms with Gasteiger partial charge in [-0.05, 0) is 298 Å². The molecule has 20 aromatic rings. The Morgan fingerprint density at radius 3 is 0.574 bits per heavy atom. The van der Waals surface area contributed by atoms with Crippen LogP contribution in [0.2, 0.25) is 0 Å². The SMILES string of the molecule is Cc1ccc(N(c2ccccc2)c2ccc(-c3ccc(N(c4ccccc4)c4ccc(C)cc4)cc3)cc2)cc1.Cc1cccc(N(c2ccccc2)c2ccc(-c3ccc(N(c4ccccc4)c4cccc(C)c4)cc3)cc2)c1.[B]N=P.c1ccc(N(c2ccc(-c3ccc(N(c4ccccc4)c4cccc5ccccc45)cc3)cc2)c2cccc3ccccc23)cc1. The van der Waals surface area contributed by atoms with E-state index < -0.39 is 0 Å². The van der Waals surface area contributed by atoms with Crippen LogP contribution in [0.1, 0.15) is 22.3 Å². The molecule has 0 saturated heterocycles. The van der Waals surface area contributed by atoms with Gasteiger partial charge in [0.05, 0.1) is 11.4 Å². The van der Waals surface area contributed by atoms with Crippen molar-refractivity contribution in [2.24, 2.45) is 4.66 Å². The average molecular weight is 1680 g/mol. The third-order valence-electron chi connectivity index (χ3n) is 23.0. The highest BCUT2D eigenvalue weighted by molar-refractivity contribution is 7.05. The number of nitrogens with zero attached hydrogens (tertiary/aromatic N) is 7. The third-order valence-corrected chi connectivity index (χ3v) is 23.0. The molecule has 0 aromatic heterocycles. The Morgan fingerprint density at radius 2 is 0.333 bits per heavy atom. The second-order valence-corrected chi connectivity index (χ2v) is 32.0. The summed E-state index contributed by atoms with van der Waals surface area (Å²) in [6.45, 7) is 8.52. The van der Waals surface area contributed by atoms with Gasteiger partial charge in [0.25, 0.3) is 7.98 Å². The molecular formula is C120H97BN7P. The fourth-order valence-corrected chi connectivity index (χ4v) is 16.7. The highest BCUT2D eigenvalue weighted by Gasteiger charge is 2.22. The largest absolute Gasteiger partial charge is 0.344 e. The van der Waals surface area contributed by atoms with Gasteiger partial charge in [-0.2, -0.15) is 0 Å². The number of hydrogen-bond acceptors (Lipinski definition) is 7. The summed E-state index contributed by atoms with van der Waals surface area (Å²) < 4.78 is 2.81. The fraction of sp³-hybridized carbons (Fsp3) is 0.0333. The van der Waals surface area contributed by atoms with Crippen molar-refractivity contribution in [1.29, 1.82) is 0 Å². The van der Waals surface area contributed by atoms with E-state index in [0.29, 0.717) is 0 Å². The van der Waals surface area contributed by atoms with Gasteiger partial charge in [-0.25, -0.2) is 0 Å². The van der Waals surface area contributed by atoms with E-state index in [0.717, 1.165) is 102 Å². The van der Waals surface area contributed by atoms with E-state index >= 15 is 0 Å². The van der Waals surface area contributed by atoms with Gasteiger partial charge in [0, 0.05) is 102 Å². The Balaban J connectivity index is 0.000000134. The van der Waals surface area contributed by atoms with E-state index in [-0.39, 0.29) is 0 Å². The molecule has 0 amide bonds. The number of benzene rings is 20. The summed E-state index contributed by atoms with van der Waals surface area (Å²) in [5.41, 5.74) is 32.6. The van der Waals surface area contributed by atoms with E-state index in [1.807, 2.05) is 0 Å². The lowest BCUT2D eigenvalue weighted by atomic mass is 10.0. The van der Waals surface area contributed by atoms with Gasteiger partial charge in [-0.15, -0.1) is 0 Å². The Kier molecular flexibility index (Phi) is 27.1. The molecule has 0 aliphatic rings. The zero-order chi connectivity index (χ0) is 88.0. The first-order valence-corrected chi connectivity index (χ1v) is 44.0. The minimum absolute atomic E-state index is 1.12. The number of para-hydroxylation sites is 6. The van der Waals surface area contributed by atoms with Crippen LogP contribution in [0.5, 0.6) is 0 Å². The first-order chi connectivity index (χ1) is 63.6. The molecule has 0 saturated carbocycles. The van der Waals surface area contributed by atoms with Gasteiger partial charge in [-0.3, -0.25) is 0 Å². The highest BCUT2D eigenvalue weighted by Crippen LogP contribution is 2.46. The van der Waals surface area contributed by atoms with Crippen LogP contribution in [-0.4, -0.2) is 7.98 Å². The third kappa shape index (κ3) is 20.3. The number of hydrogen-bond donors (Lipinski definition) is 0. The van der Waals surface area contributed by atoms with Crippen LogP contribution in [0, 0.1) is 27.7 Å². The summed E-state index contributed by atoms with van der Waals surface area (Å²) in [6.07, 6.45) is 0. The standard InChI is InChI=1S/C44H32N2.2C38H32N2.BHNP/c1-3-17-37(18-4-1)45(43-23-11-15-35-13-7-9-21-41(35)43)39-29-25-33(26-30-39)34-27-31-40(32-28-34)46(38-19-5-2-6-20-38)44-24-12-16-36-14-8-10-22-42(36)44;1-29-11-9-17-37(27-29)39(33-13-5-3-6-14-33)35-23-19-31(20-24-35)32-21-25-36(26-22-32)40(34-15-7-4-8-16-34)38-18-10-12-30(2)28-38;1-29-13-21-35(22-14-29)39(33-9-5-3-6-10-33)37-25-17-31(18-26-37)32-19-27-38(28-20-32)40(34-11-7-4-8-12-34)36-23-15-30(2)16-24-36;1-2-3/h1-32H;2*3-28H,1-2H3;3H. The Morgan fingerprint density at radius 1 is 0.163 bits per heavy atom. The fourth-order valence-electron chi connectivity index (χ4n) is 16.7. The van der Waals surface area contributed by atoms with Crippen molar-refractivity contribution < 1.29 is 0 Å². The summed E-state index contributed by atoms with van der Waals surface area (Å²) in [7, 11) is 6.97. The summed E-state index contributed by atoms with van der Waals surface area (Å²) in [6, 6.07) is 181. The predicted molar refractivity (Wildman–Crippen MR) is 554 cm³/mol. The Labute approximate surface area is 762 Å². The van der Waals surface area contributed by atoms with Gasteiger partial charge >= 0.3 is 0 Å². The number of aryl methyl sites for hydroxylation is 4. The van der Waals surface area contributed by atoms with Crippen molar-refractivity contribution in [3.05, 3.63) is 532 Å². The van der Waals surface area contributed by atoms with E-state index in [4.69, 9.17) is 0 Å². The van der Waals surface area contributed by atoms with Crippen LogP contribution in [-0.2, 0) is 0 Å². The lowest BCUT2D eigenvalue weighted by Gasteiger charge is -2.27. The van der Waals surface area contributed by atoms with Gasteiger partial charge < -0.3 is 34.1 Å². The summed E-state index contributed by atoms with van der Waals surface area (Å²) in [5.74, 6) is 0. The zero-order valence-corrected chi connectivity index (χ0v) is 73.7. The maximum atomic E-state index is 4.39. The van der Waals surface area contributed by atoms with Crippen LogP contribution < -0.4 is 29.4 Å². The van der Waals surface area contributed by atoms with E-state index in [2.05, 4.69) is 588 Å². The molecule has 620 valence electrons. The van der Waals surface area contributed by atoms with Gasteiger partial charge in [0.1, 0.15) is 0 Å². The number of fused-ring (bicyclic) bond motifs is 2. The lowest BCUT2D eigenvalue weighted by Crippen LogP contribution is -2.10. The molecule has 0 heterocycles. The van der Waals surface area contributed by atoms with Crippen molar-refractivity contribution in [2.75, 3.05) is 29.4 Å². The molecule has 7 nitrogen and oxygen atoms in total. The summed E-state index contributed by atoms with van der Waals surface area (Å²) in [4.78, 5) is 13.9. The molecule has 0 atom stereocenters. The van der Waals surface area contributed by atoms with Crippen LogP contribution >= 0.6 is 9.03 Å². The molecule has 0 unspecified atom stereocenters. The topological polar surface area (TPSA) is 31.8 Å². The lowest BCUT2D eigenvalue weighted by molar-refractivity contribution is 1.27. The molecule has 20 rings (SSSR count). The van der Waals surface area contributed by atoms with Crippen LogP contribution in [0.4, 0.5) is 102 Å². The molecule has 20 aromatic carbocycles. The monoisotopic (exact) mass is 1680 g/mol. The van der Waals surface area contributed by atoms with Crippen LogP contribution in [0.3, 0.4) is 0 Å². The summed E-state index contributed by atoms with van der Waals surface area (Å²) >= 11 is 0. The van der Waals surface area contributed by atoms with Gasteiger partial charge in [-0.1, -0.05) is 314 Å². The van der Waals surface area contributed by atoms with Crippen molar-refractivity contribution in [2.45, 2.75) is 27.7 Å². The molecule has 0 bridgehead atoms. The second-order valence-electron chi connectivity index (χ2n) is 31.8. The maximum Gasteiger partial charge on any atom is 0.265 e. The number of anilines is 18. The molecule has 0 spiro atoms. The van der Waals surface area contributed by atoms with Crippen molar-refractivity contribution >= 4 is 141 Å². The minimum atomic E-state index is 1.12. The molecule has 2 radical (unpaired) electrons. The first-order valence-electron chi connectivity index (χ1n) is 43.6. The zero-order valence-electron chi connectivity index (χ0n) is 72.7. The van der Waals surface area contributed by atoms with Gasteiger partial charge in [0.2, 0.25) is 0 Å². The molecule has 0 fully saturated rings. The molecule has 0 aliphatic carbocycles. The molecule has 0 aliphatic heterocycles. The first kappa shape index (κ1) is 85.1. The Bertz CT molecular complexity index is 6570. The van der Waals surface area contributed by atoms with Crippen molar-refractivity contribution in [3.8, 4) is 33.4 Å². The van der Waals surface area contributed by atoms with Crippen molar-refractivity contribution in [1.82, 2.24) is 0 Å². The molecule has 0 N–H and O–H groups in total. The molecule has 9 heteroatoms. The highest BCUT2D eigenvalue weighted by atomic mass is 31.0.